The lowest BCUT2D eigenvalue weighted by atomic mass is 10.1. The van der Waals surface area contributed by atoms with E-state index < -0.39 is 39.9 Å². The molecule has 244 valence electrons. The number of hydrogen-bond acceptors (Lipinski definition) is 8. The fourth-order valence-corrected chi connectivity index (χ4v) is 5.24. The van der Waals surface area contributed by atoms with Crippen LogP contribution < -0.4 is 20.9 Å². The van der Waals surface area contributed by atoms with Gasteiger partial charge in [-0.25, -0.2) is 14.8 Å². The summed E-state index contributed by atoms with van der Waals surface area (Å²) in [4.78, 5) is 34.0. The smallest absolute Gasteiger partial charge is 0.354 e. The first-order valence-electron chi connectivity index (χ1n) is 14.4. The van der Waals surface area contributed by atoms with E-state index in [1.54, 1.807) is 53.4 Å². The first kappa shape index (κ1) is 34.1. The van der Waals surface area contributed by atoms with E-state index >= 15 is 0 Å². The third-order valence-electron chi connectivity index (χ3n) is 7.21. The van der Waals surface area contributed by atoms with Crippen molar-refractivity contribution in [2.45, 2.75) is 37.9 Å². The van der Waals surface area contributed by atoms with Crippen molar-refractivity contribution >= 4 is 27.9 Å². The van der Waals surface area contributed by atoms with Gasteiger partial charge in [-0.3, -0.25) is 9.35 Å². The molecule has 0 aliphatic carbocycles. The zero-order valence-electron chi connectivity index (χ0n) is 24.5. The molecular formula is C30H32F3N7O5S. The molecule has 4 rings (SSSR count). The number of hydrogen-bond donors (Lipinski definition) is 4. The van der Waals surface area contributed by atoms with Crippen molar-refractivity contribution in [2.24, 2.45) is 0 Å². The average molecular weight is 660 g/mol. The number of nitrogens with one attached hydrogen (secondary N) is 3. The van der Waals surface area contributed by atoms with Crippen LogP contribution in [0.2, 0.25) is 0 Å². The minimum atomic E-state index is -4.82. The molecular weight excluding hydrogens is 627 g/mol. The molecule has 1 saturated heterocycles. The van der Waals surface area contributed by atoms with Gasteiger partial charge in [-0.2, -0.15) is 26.9 Å². The molecule has 46 heavy (non-hydrogen) atoms. The molecule has 0 saturated carbocycles. The highest BCUT2D eigenvalue weighted by Crippen LogP contribution is 2.33. The Kier molecular flexibility index (Phi) is 11.1. The van der Waals surface area contributed by atoms with Crippen LogP contribution in [0, 0.1) is 11.3 Å². The van der Waals surface area contributed by atoms with Gasteiger partial charge in [-0.15, -0.1) is 0 Å². The van der Waals surface area contributed by atoms with Gasteiger partial charge in [0.1, 0.15) is 11.9 Å². The maximum atomic E-state index is 13.9. The fraction of sp³-hybridized carbons (Fsp3) is 0.367. The van der Waals surface area contributed by atoms with Crippen molar-refractivity contribution in [2.75, 3.05) is 36.8 Å². The molecule has 3 aromatic rings. The van der Waals surface area contributed by atoms with E-state index in [1.165, 1.54) is 6.07 Å². The maximum Gasteiger partial charge on any atom is 0.451 e. The van der Waals surface area contributed by atoms with Gasteiger partial charge in [0.2, 0.25) is 11.7 Å². The fourth-order valence-electron chi connectivity index (χ4n) is 4.88. The zero-order chi connectivity index (χ0) is 33.3. The number of aromatic nitrogens is 2. The highest BCUT2D eigenvalue weighted by molar-refractivity contribution is 7.85. The zero-order valence-corrected chi connectivity index (χ0v) is 25.4. The third kappa shape index (κ3) is 9.88. The molecule has 1 atom stereocenters. The summed E-state index contributed by atoms with van der Waals surface area (Å²) in [5.74, 6) is -2.25. The van der Waals surface area contributed by atoms with Gasteiger partial charge in [0.25, 0.3) is 10.1 Å². The Bertz CT molecular complexity index is 1680. The van der Waals surface area contributed by atoms with Crippen molar-refractivity contribution in [3.63, 3.8) is 0 Å². The van der Waals surface area contributed by atoms with E-state index in [1.807, 2.05) is 6.07 Å². The number of anilines is 1. The van der Waals surface area contributed by atoms with Crippen molar-refractivity contribution in [3.05, 3.63) is 77.1 Å². The summed E-state index contributed by atoms with van der Waals surface area (Å²) in [7, 11) is -4.19. The molecule has 16 heteroatoms. The number of rotatable bonds is 12. The minimum Gasteiger partial charge on any atom is -0.354 e. The molecule has 2 aromatic carbocycles. The Labute approximate surface area is 263 Å². The number of carbonyl (C=O) groups is 2. The maximum absolute atomic E-state index is 13.9. The minimum absolute atomic E-state index is 0.00430. The highest BCUT2D eigenvalue weighted by Gasteiger charge is 2.38. The van der Waals surface area contributed by atoms with Crippen LogP contribution in [-0.2, 0) is 33.9 Å². The molecule has 1 aliphatic heterocycles. The van der Waals surface area contributed by atoms with Crippen LogP contribution in [0.4, 0.5) is 23.8 Å². The van der Waals surface area contributed by atoms with Gasteiger partial charge in [-0.05, 0) is 48.9 Å². The van der Waals surface area contributed by atoms with E-state index in [9.17, 15) is 31.2 Å². The van der Waals surface area contributed by atoms with Gasteiger partial charge in [-0.1, -0.05) is 36.4 Å². The predicted octanol–water partition coefficient (Wildman–Crippen LogP) is 3.09. The first-order chi connectivity index (χ1) is 21.8. The lowest BCUT2D eigenvalue weighted by molar-refractivity contribution is -0.144. The molecule has 0 radical (unpaired) electrons. The Hall–Kier alpha value is -4.75. The van der Waals surface area contributed by atoms with E-state index in [0.717, 1.165) is 11.1 Å². The molecule has 1 aromatic heterocycles. The first-order valence-corrected chi connectivity index (χ1v) is 16.0. The summed E-state index contributed by atoms with van der Waals surface area (Å²) in [5.41, 5.74) is 2.66. The number of alkyl halides is 3. The largest absolute Gasteiger partial charge is 0.451 e. The molecule has 12 nitrogen and oxygen atoms in total. The van der Waals surface area contributed by atoms with E-state index in [-0.39, 0.29) is 30.5 Å². The summed E-state index contributed by atoms with van der Waals surface area (Å²) >= 11 is 0. The molecule has 0 spiro atoms. The summed E-state index contributed by atoms with van der Waals surface area (Å²) in [6, 6.07) is 15.7. The van der Waals surface area contributed by atoms with E-state index in [2.05, 4.69) is 25.9 Å². The summed E-state index contributed by atoms with van der Waals surface area (Å²) in [6.07, 6.45) is -2.88. The molecule has 0 unspecified atom stereocenters. The molecule has 1 aliphatic rings. The Morgan fingerprint density at radius 2 is 1.57 bits per heavy atom. The second-order valence-electron chi connectivity index (χ2n) is 10.5. The van der Waals surface area contributed by atoms with Crippen LogP contribution in [-0.4, -0.2) is 72.9 Å². The van der Waals surface area contributed by atoms with Crippen molar-refractivity contribution in [1.82, 2.24) is 25.9 Å². The van der Waals surface area contributed by atoms with E-state index in [4.69, 9.17) is 9.81 Å². The average Bonchev–Trinajstić information content (AvgIpc) is 3.51. The topological polar surface area (TPSA) is 177 Å². The van der Waals surface area contributed by atoms with Gasteiger partial charge in [0, 0.05) is 37.8 Å². The van der Waals surface area contributed by atoms with Gasteiger partial charge in [0.15, 0.2) is 0 Å². The molecule has 0 bridgehead atoms. The van der Waals surface area contributed by atoms with Crippen LogP contribution in [0.1, 0.15) is 35.4 Å². The number of halogens is 3. The van der Waals surface area contributed by atoms with Crippen molar-refractivity contribution < 1.29 is 35.7 Å². The van der Waals surface area contributed by atoms with Gasteiger partial charge in [0.05, 0.1) is 23.1 Å². The van der Waals surface area contributed by atoms with Crippen LogP contribution in [0.15, 0.2) is 54.6 Å². The molecule has 4 N–H and O–H groups in total. The Balaban J connectivity index is 1.41. The number of nitriles is 1. The van der Waals surface area contributed by atoms with Gasteiger partial charge < -0.3 is 20.9 Å². The van der Waals surface area contributed by atoms with Crippen LogP contribution >= 0.6 is 0 Å². The van der Waals surface area contributed by atoms with Crippen molar-refractivity contribution in [1.29, 1.82) is 5.26 Å². The van der Waals surface area contributed by atoms with E-state index in [0.29, 0.717) is 49.9 Å². The van der Waals surface area contributed by atoms with Crippen molar-refractivity contribution in [3.8, 4) is 17.3 Å². The normalized spacial score (nSPS) is 14.8. The lowest BCUT2D eigenvalue weighted by Gasteiger charge is -2.26. The van der Waals surface area contributed by atoms with Crippen LogP contribution in [0.25, 0.3) is 11.3 Å². The van der Waals surface area contributed by atoms with Crippen LogP contribution in [0.5, 0.6) is 0 Å². The number of nitrogens with zero attached hydrogens (tertiary/aromatic N) is 4. The monoisotopic (exact) mass is 659 g/mol. The molecule has 3 amide bonds. The molecule has 2 heterocycles. The second-order valence-corrected chi connectivity index (χ2v) is 12.1. The van der Waals surface area contributed by atoms with Crippen LogP contribution in [0.3, 0.4) is 0 Å². The SMILES string of the molecule is N#Cc1ccc(CCNC(=O)[C@@H]2CCCN2c2cc(-c3ccc(CCNC(=O)NCCS(=O)(=O)O)cc3)nc(C(F)(F)F)n2)cc1. The predicted molar refractivity (Wildman–Crippen MR) is 162 cm³/mol. The second kappa shape index (κ2) is 15.0. The highest BCUT2D eigenvalue weighted by atomic mass is 32.2. The summed E-state index contributed by atoms with van der Waals surface area (Å²) in [6.45, 7) is 0.594. The third-order valence-corrected chi connectivity index (χ3v) is 7.93. The number of benzene rings is 2. The number of urea groups is 1. The summed E-state index contributed by atoms with van der Waals surface area (Å²) < 4.78 is 71.7. The number of carbonyl (C=O) groups excluding carboxylic acids is 2. The standard InChI is InChI=1S/C30H32F3N7O5S/c31-30(32,33)28-38-24(23-9-7-21(8-10-23)12-14-36-29(42)37-15-17-46(43,44)45)18-26(39-28)40-16-1-2-25(40)27(41)35-13-11-20-3-5-22(19-34)6-4-20/h3-10,18,25H,1-2,11-17H2,(H,35,41)(H2,36,37,42)(H,43,44,45)/t25-/m0/s1. The molecule has 1 fully saturated rings. The van der Waals surface area contributed by atoms with Gasteiger partial charge >= 0.3 is 12.2 Å². The quantitative estimate of drug-likeness (QED) is 0.213. The summed E-state index contributed by atoms with van der Waals surface area (Å²) in [5, 5.41) is 16.6. The number of amides is 3. The lowest BCUT2D eigenvalue weighted by Crippen LogP contribution is -2.44. The Morgan fingerprint density at radius 1 is 0.957 bits per heavy atom. The Morgan fingerprint density at radius 3 is 2.17 bits per heavy atom.